The molecule has 33 heavy (non-hydrogen) atoms. The van der Waals surface area contributed by atoms with Crippen LogP contribution in [0.15, 0.2) is 18.2 Å². The smallest absolute Gasteiger partial charge is 0.254 e. The Morgan fingerprint density at radius 2 is 1.70 bits per heavy atom. The Labute approximate surface area is 199 Å². The van der Waals surface area contributed by atoms with Crippen molar-refractivity contribution in [1.82, 2.24) is 14.5 Å². The number of benzene rings is 1. The van der Waals surface area contributed by atoms with Crippen LogP contribution in [0.5, 0.6) is 0 Å². The summed E-state index contributed by atoms with van der Waals surface area (Å²) >= 11 is 0. The molecule has 5 heteroatoms. The standard InChI is InChI=1S/C28H43N3O2/c1-6-28(4,5)27-29-24-16-23(26(32)30-17-20(2)33-21(3)18-30)14-15-25(24)31(27)19-22-12-10-8-7-9-11-13-22/h14-16,20-22H,6-13,17-19H2,1-5H3. The number of aromatic nitrogens is 2. The molecule has 1 saturated heterocycles. The minimum absolute atomic E-state index is 0.000116. The summed E-state index contributed by atoms with van der Waals surface area (Å²) in [6, 6.07) is 6.17. The highest BCUT2D eigenvalue weighted by atomic mass is 16.5. The van der Waals surface area contributed by atoms with Gasteiger partial charge in [-0.15, -0.1) is 0 Å². The Bertz CT molecular complexity index is 945. The third-order valence-corrected chi connectivity index (χ3v) is 7.86. The Morgan fingerprint density at radius 1 is 1.06 bits per heavy atom. The average molecular weight is 454 g/mol. The van der Waals surface area contributed by atoms with Crippen molar-refractivity contribution in [2.45, 2.75) is 110 Å². The van der Waals surface area contributed by atoms with Crippen LogP contribution < -0.4 is 0 Å². The van der Waals surface area contributed by atoms with E-state index >= 15 is 0 Å². The van der Waals surface area contributed by atoms with Crippen LogP contribution in [0.3, 0.4) is 0 Å². The summed E-state index contributed by atoms with van der Waals surface area (Å²) in [5.74, 6) is 1.97. The SMILES string of the molecule is CCC(C)(C)c1nc2cc(C(=O)N3CC(C)OC(C)C3)ccc2n1CC1CCCCCCC1. The van der Waals surface area contributed by atoms with Crippen LogP contribution in [0.1, 0.15) is 102 Å². The number of hydrogen-bond acceptors (Lipinski definition) is 3. The summed E-state index contributed by atoms with van der Waals surface area (Å²) in [5.41, 5.74) is 2.87. The van der Waals surface area contributed by atoms with Crippen LogP contribution in [0.4, 0.5) is 0 Å². The van der Waals surface area contributed by atoms with Crippen molar-refractivity contribution < 1.29 is 9.53 Å². The molecule has 0 N–H and O–H groups in total. The van der Waals surface area contributed by atoms with Gasteiger partial charge in [-0.25, -0.2) is 4.98 Å². The van der Waals surface area contributed by atoms with Gasteiger partial charge in [0.05, 0.1) is 23.2 Å². The van der Waals surface area contributed by atoms with Crippen molar-refractivity contribution in [3.8, 4) is 0 Å². The number of rotatable bonds is 5. The van der Waals surface area contributed by atoms with Crippen molar-refractivity contribution in [3.63, 3.8) is 0 Å². The lowest BCUT2D eigenvalue weighted by Crippen LogP contribution is -2.48. The molecule has 1 aliphatic carbocycles. The number of ether oxygens (including phenoxy) is 1. The Hall–Kier alpha value is -1.88. The first-order chi connectivity index (χ1) is 15.8. The lowest BCUT2D eigenvalue weighted by Gasteiger charge is -2.35. The van der Waals surface area contributed by atoms with Gasteiger partial charge in [-0.3, -0.25) is 4.79 Å². The zero-order valence-electron chi connectivity index (χ0n) is 21.4. The van der Waals surface area contributed by atoms with Crippen molar-refractivity contribution >= 4 is 16.9 Å². The molecule has 2 atom stereocenters. The molecular weight excluding hydrogens is 410 g/mol. The Balaban J connectivity index is 1.66. The molecule has 4 rings (SSSR count). The van der Waals surface area contributed by atoms with Crippen LogP contribution in [-0.4, -0.2) is 45.7 Å². The molecule has 1 aliphatic heterocycles. The van der Waals surface area contributed by atoms with Crippen LogP contribution in [0, 0.1) is 5.92 Å². The third kappa shape index (κ3) is 5.45. The molecule has 2 fully saturated rings. The van der Waals surface area contributed by atoms with Gasteiger partial charge in [0.15, 0.2) is 0 Å². The molecule has 2 unspecified atom stereocenters. The quantitative estimate of drug-likeness (QED) is 0.531. The van der Waals surface area contributed by atoms with Crippen molar-refractivity contribution in [2.75, 3.05) is 13.1 Å². The van der Waals surface area contributed by atoms with E-state index in [4.69, 9.17) is 9.72 Å². The molecule has 1 amide bonds. The van der Waals surface area contributed by atoms with Gasteiger partial charge in [0.2, 0.25) is 0 Å². The first-order valence-corrected chi connectivity index (χ1v) is 13.2. The summed E-state index contributed by atoms with van der Waals surface area (Å²) in [5, 5.41) is 0. The van der Waals surface area contributed by atoms with Crippen LogP contribution in [-0.2, 0) is 16.7 Å². The lowest BCUT2D eigenvalue weighted by molar-refractivity contribution is -0.0586. The van der Waals surface area contributed by atoms with E-state index in [0.29, 0.717) is 19.0 Å². The third-order valence-electron chi connectivity index (χ3n) is 7.86. The van der Waals surface area contributed by atoms with Gasteiger partial charge in [-0.2, -0.15) is 0 Å². The van der Waals surface area contributed by atoms with Crippen LogP contribution in [0.2, 0.25) is 0 Å². The number of morpholine rings is 1. The van der Waals surface area contributed by atoms with Gasteiger partial charge in [0.1, 0.15) is 5.82 Å². The molecule has 2 aromatic rings. The van der Waals surface area contributed by atoms with E-state index in [2.05, 4.69) is 31.4 Å². The maximum absolute atomic E-state index is 13.3. The Morgan fingerprint density at radius 3 is 2.33 bits per heavy atom. The van der Waals surface area contributed by atoms with E-state index in [-0.39, 0.29) is 23.5 Å². The summed E-state index contributed by atoms with van der Waals surface area (Å²) in [6.45, 7) is 13.2. The first-order valence-electron chi connectivity index (χ1n) is 13.2. The fraction of sp³-hybridized carbons (Fsp3) is 0.714. The fourth-order valence-corrected chi connectivity index (χ4v) is 5.63. The number of fused-ring (bicyclic) bond motifs is 1. The highest BCUT2D eigenvalue weighted by Crippen LogP contribution is 2.33. The first kappa shape index (κ1) is 24.3. The van der Waals surface area contributed by atoms with E-state index in [1.165, 1.54) is 56.3 Å². The van der Waals surface area contributed by atoms with Crippen LogP contribution in [0.25, 0.3) is 11.0 Å². The highest BCUT2D eigenvalue weighted by Gasteiger charge is 2.29. The summed E-state index contributed by atoms with van der Waals surface area (Å²) < 4.78 is 8.31. The van der Waals surface area contributed by atoms with E-state index in [1.807, 2.05) is 30.9 Å². The molecule has 5 nitrogen and oxygen atoms in total. The molecule has 2 aliphatic rings. The number of hydrogen-bond donors (Lipinski definition) is 0. The number of carbonyl (C=O) groups is 1. The highest BCUT2D eigenvalue weighted by molar-refractivity contribution is 5.97. The van der Waals surface area contributed by atoms with Gasteiger partial charge in [0, 0.05) is 30.6 Å². The number of amides is 1. The molecular formula is C28H43N3O2. The minimum atomic E-state index is -0.000116. The van der Waals surface area contributed by atoms with Gasteiger partial charge in [-0.1, -0.05) is 52.9 Å². The largest absolute Gasteiger partial charge is 0.372 e. The predicted molar refractivity (Wildman–Crippen MR) is 135 cm³/mol. The second-order valence-electron chi connectivity index (χ2n) is 11.2. The number of nitrogens with zero attached hydrogens (tertiary/aromatic N) is 3. The van der Waals surface area contributed by atoms with Crippen molar-refractivity contribution in [1.29, 1.82) is 0 Å². The molecule has 0 spiro atoms. The normalized spacial score (nSPS) is 23.5. The second kappa shape index (κ2) is 10.2. The van der Waals surface area contributed by atoms with Crippen LogP contribution >= 0.6 is 0 Å². The summed E-state index contributed by atoms with van der Waals surface area (Å²) in [6.07, 6.45) is 10.6. The van der Waals surface area contributed by atoms with E-state index in [0.717, 1.165) is 24.0 Å². The molecule has 182 valence electrons. The fourth-order valence-electron chi connectivity index (χ4n) is 5.63. The van der Waals surface area contributed by atoms with Crippen molar-refractivity contribution in [2.24, 2.45) is 5.92 Å². The molecule has 1 aromatic heterocycles. The van der Waals surface area contributed by atoms with E-state index in [1.54, 1.807) is 0 Å². The van der Waals surface area contributed by atoms with Crippen molar-refractivity contribution in [3.05, 3.63) is 29.6 Å². The second-order valence-corrected chi connectivity index (χ2v) is 11.2. The molecule has 1 saturated carbocycles. The van der Waals surface area contributed by atoms with Gasteiger partial charge >= 0.3 is 0 Å². The lowest BCUT2D eigenvalue weighted by atomic mass is 9.88. The van der Waals surface area contributed by atoms with Gasteiger partial charge in [-0.05, 0) is 57.2 Å². The Kier molecular flexibility index (Phi) is 7.47. The van der Waals surface area contributed by atoms with E-state index in [9.17, 15) is 4.79 Å². The van der Waals surface area contributed by atoms with Gasteiger partial charge in [0.25, 0.3) is 5.91 Å². The zero-order chi connectivity index (χ0) is 23.6. The molecule has 2 heterocycles. The minimum Gasteiger partial charge on any atom is -0.372 e. The van der Waals surface area contributed by atoms with Gasteiger partial charge < -0.3 is 14.2 Å². The number of imidazole rings is 1. The maximum Gasteiger partial charge on any atom is 0.254 e. The molecule has 0 radical (unpaired) electrons. The monoisotopic (exact) mass is 453 g/mol. The number of carbonyl (C=O) groups excluding carboxylic acids is 1. The molecule has 1 aromatic carbocycles. The predicted octanol–water partition coefficient (Wildman–Crippen LogP) is 6.33. The van der Waals surface area contributed by atoms with E-state index < -0.39 is 0 Å². The molecule has 0 bridgehead atoms. The maximum atomic E-state index is 13.3. The summed E-state index contributed by atoms with van der Waals surface area (Å²) in [4.78, 5) is 20.4. The summed E-state index contributed by atoms with van der Waals surface area (Å²) in [7, 11) is 0. The average Bonchev–Trinajstić information content (AvgIpc) is 3.12. The topological polar surface area (TPSA) is 47.4 Å². The zero-order valence-corrected chi connectivity index (χ0v) is 21.4.